The van der Waals surface area contributed by atoms with Gasteiger partial charge in [0, 0.05) is 31.6 Å². The third-order valence-corrected chi connectivity index (χ3v) is 5.54. The molecule has 0 saturated carbocycles. The first-order chi connectivity index (χ1) is 16.0. The predicted octanol–water partition coefficient (Wildman–Crippen LogP) is 2.77. The molecule has 0 bridgehead atoms. The molecule has 0 fully saturated rings. The van der Waals surface area contributed by atoms with E-state index in [-0.39, 0.29) is 24.3 Å². The molecule has 2 aromatic carbocycles. The summed E-state index contributed by atoms with van der Waals surface area (Å²) in [6.07, 6.45) is 0.336. The molecule has 33 heavy (non-hydrogen) atoms. The minimum Gasteiger partial charge on any atom is -0.486 e. The summed E-state index contributed by atoms with van der Waals surface area (Å²) in [5.41, 5.74) is 3.52. The van der Waals surface area contributed by atoms with Crippen molar-refractivity contribution in [3.8, 4) is 17.2 Å². The zero-order chi connectivity index (χ0) is 22.9. The number of ether oxygens (including phenoxy) is 2. The van der Waals surface area contributed by atoms with Gasteiger partial charge in [0.25, 0.3) is 5.56 Å². The molecule has 0 unspecified atom stereocenters. The molecule has 9 heteroatoms. The van der Waals surface area contributed by atoms with Crippen LogP contribution in [0.2, 0.25) is 0 Å². The maximum absolute atomic E-state index is 13.0. The van der Waals surface area contributed by atoms with Crippen molar-refractivity contribution in [2.45, 2.75) is 19.8 Å². The van der Waals surface area contributed by atoms with Crippen LogP contribution in [-0.4, -0.2) is 38.5 Å². The highest BCUT2D eigenvalue weighted by molar-refractivity contribution is 5.91. The van der Waals surface area contributed by atoms with E-state index in [0.29, 0.717) is 53.0 Å². The Morgan fingerprint density at radius 2 is 1.85 bits per heavy atom. The Kier molecular flexibility index (Phi) is 5.29. The molecule has 4 aromatic rings. The van der Waals surface area contributed by atoms with E-state index < -0.39 is 0 Å². The van der Waals surface area contributed by atoms with Crippen molar-refractivity contribution in [2.75, 3.05) is 18.5 Å². The maximum Gasteiger partial charge on any atom is 0.273 e. The van der Waals surface area contributed by atoms with Gasteiger partial charge in [0.15, 0.2) is 17.1 Å². The molecule has 168 valence electrons. The lowest BCUT2D eigenvalue weighted by molar-refractivity contribution is -0.116. The fraction of sp³-hybridized carbons (Fsp3) is 0.250. The lowest BCUT2D eigenvalue weighted by atomic mass is 10.2. The first-order valence-corrected chi connectivity index (χ1v) is 10.7. The SMILES string of the molecule is Cc1nn(-c2ccccc2)c2c1nc(CCC(=O)Nc1ccc3c(c1)OCCO3)c(=O)n2C. The van der Waals surface area contributed by atoms with E-state index in [0.717, 1.165) is 5.69 Å². The number of fused-ring (bicyclic) bond motifs is 2. The lowest BCUT2D eigenvalue weighted by Gasteiger charge is -2.19. The number of carbonyl (C=O) groups is 1. The molecule has 0 atom stereocenters. The number of hydrogen-bond donors (Lipinski definition) is 1. The van der Waals surface area contributed by atoms with Gasteiger partial charge in [-0.2, -0.15) is 5.10 Å². The Morgan fingerprint density at radius 1 is 1.09 bits per heavy atom. The second-order valence-electron chi connectivity index (χ2n) is 7.83. The van der Waals surface area contributed by atoms with Crippen LogP contribution in [0, 0.1) is 6.92 Å². The van der Waals surface area contributed by atoms with E-state index in [1.165, 1.54) is 0 Å². The van der Waals surface area contributed by atoms with E-state index >= 15 is 0 Å². The molecule has 3 heterocycles. The number of aromatic nitrogens is 4. The third kappa shape index (κ3) is 3.93. The molecule has 1 aliphatic heterocycles. The molecule has 0 radical (unpaired) electrons. The summed E-state index contributed by atoms with van der Waals surface area (Å²) in [5.74, 6) is 1.05. The van der Waals surface area contributed by atoms with Gasteiger partial charge in [-0.3, -0.25) is 14.2 Å². The second kappa shape index (κ2) is 8.42. The van der Waals surface area contributed by atoms with E-state index in [9.17, 15) is 9.59 Å². The van der Waals surface area contributed by atoms with Crippen LogP contribution >= 0.6 is 0 Å². The van der Waals surface area contributed by atoms with Gasteiger partial charge in [-0.25, -0.2) is 9.67 Å². The van der Waals surface area contributed by atoms with Crippen molar-refractivity contribution < 1.29 is 14.3 Å². The first kappa shape index (κ1) is 20.7. The van der Waals surface area contributed by atoms with Crippen molar-refractivity contribution >= 4 is 22.8 Å². The number of anilines is 1. The number of rotatable bonds is 5. The third-order valence-electron chi connectivity index (χ3n) is 5.54. The highest BCUT2D eigenvalue weighted by Crippen LogP contribution is 2.32. The van der Waals surface area contributed by atoms with Crippen molar-refractivity contribution in [3.05, 3.63) is 70.3 Å². The van der Waals surface area contributed by atoms with Crippen molar-refractivity contribution in [1.29, 1.82) is 0 Å². The molecule has 5 rings (SSSR count). The summed E-state index contributed by atoms with van der Waals surface area (Å²) in [6, 6.07) is 14.9. The summed E-state index contributed by atoms with van der Waals surface area (Å²) < 4.78 is 14.3. The van der Waals surface area contributed by atoms with Crippen LogP contribution in [0.25, 0.3) is 16.9 Å². The molecule has 1 N–H and O–H groups in total. The number of hydrogen-bond acceptors (Lipinski definition) is 6. The average molecular weight is 445 g/mol. The van der Waals surface area contributed by atoms with Crippen LogP contribution in [0.4, 0.5) is 5.69 Å². The van der Waals surface area contributed by atoms with Crippen LogP contribution in [0.15, 0.2) is 53.3 Å². The zero-order valence-electron chi connectivity index (χ0n) is 18.4. The molecular weight excluding hydrogens is 422 g/mol. The van der Waals surface area contributed by atoms with Crippen LogP contribution in [0.1, 0.15) is 17.8 Å². The number of amides is 1. The summed E-state index contributed by atoms with van der Waals surface area (Å²) >= 11 is 0. The van der Waals surface area contributed by atoms with Crippen LogP contribution in [0.3, 0.4) is 0 Å². The van der Waals surface area contributed by atoms with Crippen molar-refractivity contribution in [2.24, 2.45) is 7.05 Å². The highest BCUT2D eigenvalue weighted by atomic mass is 16.6. The fourth-order valence-corrected chi connectivity index (χ4v) is 3.90. The van der Waals surface area contributed by atoms with E-state index in [1.807, 2.05) is 37.3 Å². The van der Waals surface area contributed by atoms with Gasteiger partial charge in [0.05, 0.1) is 11.4 Å². The minimum atomic E-state index is -0.244. The predicted molar refractivity (Wildman–Crippen MR) is 123 cm³/mol. The molecule has 1 amide bonds. The number of nitrogens with one attached hydrogen (secondary N) is 1. The number of nitrogens with zero attached hydrogens (tertiary/aromatic N) is 4. The molecule has 0 spiro atoms. The molecule has 0 aliphatic carbocycles. The van der Waals surface area contributed by atoms with Crippen LogP contribution < -0.4 is 20.3 Å². The Hall–Kier alpha value is -4.14. The van der Waals surface area contributed by atoms with E-state index in [1.54, 1.807) is 34.5 Å². The number of carbonyl (C=O) groups excluding carboxylic acids is 1. The van der Waals surface area contributed by atoms with Gasteiger partial charge < -0.3 is 14.8 Å². The summed E-state index contributed by atoms with van der Waals surface area (Å²) in [5, 5.41) is 7.43. The average Bonchev–Trinajstić information content (AvgIpc) is 3.17. The fourth-order valence-electron chi connectivity index (χ4n) is 3.90. The quantitative estimate of drug-likeness (QED) is 0.507. The minimum absolute atomic E-state index is 0.119. The van der Waals surface area contributed by atoms with Gasteiger partial charge in [0.2, 0.25) is 5.91 Å². The van der Waals surface area contributed by atoms with Gasteiger partial charge in [-0.05, 0) is 31.2 Å². The van der Waals surface area contributed by atoms with Gasteiger partial charge >= 0.3 is 0 Å². The number of aryl methyl sites for hydroxylation is 3. The van der Waals surface area contributed by atoms with Gasteiger partial charge in [-0.1, -0.05) is 18.2 Å². The summed E-state index contributed by atoms with van der Waals surface area (Å²) in [4.78, 5) is 30.1. The highest BCUT2D eigenvalue weighted by Gasteiger charge is 2.18. The van der Waals surface area contributed by atoms with E-state index in [4.69, 9.17) is 9.47 Å². The molecule has 1 aliphatic rings. The van der Waals surface area contributed by atoms with Crippen LogP contribution in [-0.2, 0) is 18.3 Å². The summed E-state index contributed by atoms with van der Waals surface area (Å²) in [6.45, 7) is 2.84. The Labute approximate surface area is 189 Å². The monoisotopic (exact) mass is 445 g/mol. The standard InChI is InChI=1S/C24H23N5O4/c1-15-22-23(29(27-15)17-6-4-3-5-7-17)28(2)24(31)18(26-22)9-11-21(30)25-16-8-10-19-20(14-16)33-13-12-32-19/h3-8,10,14H,9,11-13H2,1-2H3,(H,25,30). The molecular formula is C24H23N5O4. The van der Waals surface area contributed by atoms with Crippen molar-refractivity contribution in [3.63, 3.8) is 0 Å². The zero-order valence-corrected chi connectivity index (χ0v) is 18.4. The van der Waals surface area contributed by atoms with Crippen molar-refractivity contribution in [1.82, 2.24) is 19.3 Å². The first-order valence-electron chi connectivity index (χ1n) is 10.7. The van der Waals surface area contributed by atoms with E-state index in [2.05, 4.69) is 15.4 Å². The maximum atomic E-state index is 13.0. The molecule has 2 aromatic heterocycles. The molecule has 9 nitrogen and oxygen atoms in total. The largest absolute Gasteiger partial charge is 0.486 e. The topological polar surface area (TPSA) is 100 Å². The summed E-state index contributed by atoms with van der Waals surface area (Å²) in [7, 11) is 1.70. The Morgan fingerprint density at radius 3 is 2.64 bits per heavy atom. The molecule has 0 saturated heterocycles. The normalized spacial score (nSPS) is 12.7. The Bertz CT molecular complexity index is 1410. The Balaban J connectivity index is 1.36. The smallest absolute Gasteiger partial charge is 0.273 e. The number of benzene rings is 2. The number of para-hydroxylation sites is 1. The lowest BCUT2D eigenvalue weighted by Crippen LogP contribution is -2.25. The van der Waals surface area contributed by atoms with Crippen LogP contribution in [0.5, 0.6) is 11.5 Å². The van der Waals surface area contributed by atoms with Gasteiger partial charge in [0.1, 0.15) is 24.4 Å². The van der Waals surface area contributed by atoms with Gasteiger partial charge in [-0.15, -0.1) is 0 Å². The second-order valence-corrected chi connectivity index (χ2v) is 7.83.